The molecule has 4 nitrogen and oxygen atoms in total. The van der Waals surface area contributed by atoms with Crippen molar-refractivity contribution in [1.29, 1.82) is 0 Å². The number of carbonyl (C=O) groups excluding carboxylic acids is 1. The van der Waals surface area contributed by atoms with E-state index in [1.807, 2.05) is 11.8 Å². The summed E-state index contributed by atoms with van der Waals surface area (Å²) in [7, 11) is 0. The van der Waals surface area contributed by atoms with Crippen molar-refractivity contribution in [3.63, 3.8) is 0 Å². The van der Waals surface area contributed by atoms with Crippen LogP contribution in [-0.2, 0) is 9.53 Å². The largest absolute Gasteiger partial charge is 0.484 e. The van der Waals surface area contributed by atoms with Gasteiger partial charge in [0.15, 0.2) is 6.61 Å². The summed E-state index contributed by atoms with van der Waals surface area (Å²) in [6, 6.07) is 7.04. The lowest BCUT2D eigenvalue weighted by Gasteiger charge is -2.31. The van der Waals surface area contributed by atoms with E-state index in [9.17, 15) is 4.79 Å². The SMILES string of the molecule is CCOCC1CCN(C(=O)COc2ccc(Cl)cc2)CC1. The molecule has 5 heteroatoms. The second kappa shape index (κ2) is 8.25. The van der Waals surface area contributed by atoms with Gasteiger partial charge in [-0.3, -0.25) is 4.79 Å². The highest BCUT2D eigenvalue weighted by atomic mass is 35.5. The van der Waals surface area contributed by atoms with E-state index in [4.69, 9.17) is 21.1 Å². The van der Waals surface area contributed by atoms with Gasteiger partial charge in [-0.15, -0.1) is 0 Å². The van der Waals surface area contributed by atoms with Gasteiger partial charge in [-0.1, -0.05) is 11.6 Å². The lowest BCUT2D eigenvalue weighted by Crippen LogP contribution is -2.41. The van der Waals surface area contributed by atoms with Crippen molar-refractivity contribution in [2.45, 2.75) is 19.8 Å². The highest BCUT2D eigenvalue weighted by Crippen LogP contribution is 2.19. The van der Waals surface area contributed by atoms with Crippen molar-refractivity contribution < 1.29 is 14.3 Å². The second-order valence-corrected chi connectivity index (χ2v) is 5.66. The first-order valence-corrected chi connectivity index (χ1v) is 7.80. The van der Waals surface area contributed by atoms with Crippen molar-refractivity contribution in [2.24, 2.45) is 5.92 Å². The fourth-order valence-corrected chi connectivity index (χ4v) is 2.53. The molecule has 0 bridgehead atoms. The van der Waals surface area contributed by atoms with Gasteiger partial charge < -0.3 is 14.4 Å². The summed E-state index contributed by atoms with van der Waals surface area (Å²) in [4.78, 5) is 14.0. The zero-order valence-corrected chi connectivity index (χ0v) is 13.1. The molecule has 1 aromatic rings. The number of nitrogens with zero attached hydrogens (tertiary/aromatic N) is 1. The minimum atomic E-state index is 0.0415. The van der Waals surface area contributed by atoms with Crippen LogP contribution in [0.25, 0.3) is 0 Å². The number of halogens is 1. The number of rotatable bonds is 6. The Labute approximate surface area is 131 Å². The zero-order valence-electron chi connectivity index (χ0n) is 12.4. The monoisotopic (exact) mass is 311 g/mol. The van der Waals surface area contributed by atoms with Crippen LogP contribution in [-0.4, -0.2) is 43.7 Å². The van der Waals surface area contributed by atoms with Crippen LogP contribution in [0.2, 0.25) is 5.02 Å². The van der Waals surface area contributed by atoms with Gasteiger partial charge in [-0.25, -0.2) is 0 Å². The highest BCUT2D eigenvalue weighted by Gasteiger charge is 2.22. The fourth-order valence-electron chi connectivity index (χ4n) is 2.40. The number of piperidine rings is 1. The van der Waals surface area contributed by atoms with Gasteiger partial charge in [0.1, 0.15) is 5.75 Å². The standard InChI is InChI=1S/C16H22ClNO3/c1-2-20-11-13-7-9-18(10-8-13)16(19)12-21-15-5-3-14(17)4-6-15/h3-6,13H,2,7-12H2,1H3. The van der Waals surface area contributed by atoms with E-state index in [-0.39, 0.29) is 12.5 Å². The average Bonchev–Trinajstić information content (AvgIpc) is 2.52. The van der Waals surface area contributed by atoms with E-state index >= 15 is 0 Å². The fraction of sp³-hybridized carbons (Fsp3) is 0.562. The average molecular weight is 312 g/mol. The van der Waals surface area contributed by atoms with Crippen molar-refractivity contribution in [2.75, 3.05) is 32.9 Å². The summed E-state index contributed by atoms with van der Waals surface area (Å²) < 4.78 is 10.9. The van der Waals surface area contributed by atoms with Crippen molar-refractivity contribution in [3.05, 3.63) is 29.3 Å². The molecule has 0 spiro atoms. The molecule has 0 saturated carbocycles. The number of hydrogen-bond donors (Lipinski definition) is 0. The molecule has 0 radical (unpaired) electrons. The molecule has 1 amide bonds. The first-order chi connectivity index (χ1) is 10.2. The predicted molar refractivity (Wildman–Crippen MR) is 82.7 cm³/mol. The summed E-state index contributed by atoms with van der Waals surface area (Å²) in [6.45, 7) is 5.24. The maximum atomic E-state index is 12.1. The Kier molecular flexibility index (Phi) is 6.33. The molecule has 1 heterocycles. The molecule has 21 heavy (non-hydrogen) atoms. The summed E-state index contributed by atoms with van der Waals surface area (Å²) in [5.74, 6) is 1.28. The minimum Gasteiger partial charge on any atom is -0.484 e. The van der Waals surface area contributed by atoms with Crippen LogP contribution in [0.1, 0.15) is 19.8 Å². The molecule has 0 N–H and O–H groups in total. The van der Waals surface area contributed by atoms with Crippen LogP contribution in [0, 0.1) is 5.92 Å². The van der Waals surface area contributed by atoms with Gasteiger partial charge in [0.2, 0.25) is 0 Å². The maximum Gasteiger partial charge on any atom is 0.260 e. The topological polar surface area (TPSA) is 38.8 Å². The molecule has 0 aromatic heterocycles. The second-order valence-electron chi connectivity index (χ2n) is 5.23. The summed E-state index contributed by atoms with van der Waals surface area (Å²) >= 11 is 5.80. The smallest absolute Gasteiger partial charge is 0.260 e. The molecule has 1 fully saturated rings. The third kappa shape index (κ3) is 5.21. The van der Waals surface area contributed by atoms with Crippen LogP contribution < -0.4 is 4.74 Å². The summed E-state index contributed by atoms with van der Waals surface area (Å²) in [5.41, 5.74) is 0. The highest BCUT2D eigenvalue weighted by molar-refractivity contribution is 6.30. The molecule has 2 rings (SSSR count). The Bertz CT molecular complexity index is 441. The molecular formula is C16H22ClNO3. The third-order valence-corrected chi connectivity index (χ3v) is 3.95. The van der Waals surface area contributed by atoms with Crippen LogP contribution in [0.15, 0.2) is 24.3 Å². The van der Waals surface area contributed by atoms with Gasteiger partial charge in [-0.2, -0.15) is 0 Å². The van der Waals surface area contributed by atoms with E-state index in [2.05, 4.69) is 0 Å². The van der Waals surface area contributed by atoms with E-state index in [0.717, 1.165) is 39.1 Å². The molecule has 0 unspecified atom stereocenters. The van der Waals surface area contributed by atoms with E-state index in [0.29, 0.717) is 16.7 Å². The first kappa shape index (κ1) is 16.1. The van der Waals surface area contributed by atoms with Gasteiger partial charge in [-0.05, 0) is 49.9 Å². The van der Waals surface area contributed by atoms with Gasteiger partial charge >= 0.3 is 0 Å². The Morgan fingerprint density at radius 2 is 1.95 bits per heavy atom. The van der Waals surface area contributed by atoms with Crippen LogP contribution in [0.4, 0.5) is 0 Å². The molecule has 0 atom stereocenters. The first-order valence-electron chi connectivity index (χ1n) is 7.43. The lowest BCUT2D eigenvalue weighted by atomic mass is 9.98. The number of benzene rings is 1. The van der Waals surface area contributed by atoms with E-state index in [1.54, 1.807) is 24.3 Å². The molecule has 0 aliphatic carbocycles. The Balaban J connectivity index is 1.71. The number of likely N-dealkylation sites (tertiary alicyclic amines) is 1. The number of ether oxygens (including phenoxy) is 2. The van der Waals surface area contributed by atoms with Gasteiger partial charge in [0, 0.05) is 31.3 Å². The zero-order chi connectivity index (χ0) is 15.1. The quantitative estimate of drug-likeness (QED) is 0.810. The van der Waals surface area contributed by atoms with Crippen LogP contribution in [0.5, 0.6) is 5.75 Å². The molecule has 1 aromatic carbocycles. The predicted octanol–water partition coefficient (Wildman–Crippen LogP) is 2.99. The summed E-state index contributed by atoms with van der Waals surface area (Å²) in [5, 5.41) is 0.657. The molecule has 1 saturated heterocycles. The van der Waals surface area contributed by atoms with Crippen molar-refractivity contribution in [3.8, 4) is 5.75 Å². The molecular weight excluding hydrogens is 290 g/mol. The number of amides is 1. The van der Waals surface area contributed by atoms with E-state index < -0.39 is 0 Å². The molecule has 1 aliphatic heterocycles. The van der Waals surface area contributed by atoms with Gasteiger partial charge in [0.05, 0.1) is 0 Å². The maximum absolute atomic E-state index is 12.1. The Morgan fingerprint density at radius 1 is 1.29 bits per heavy atom. The van der Waals surface area contributed by atoms with Gasteiger partial charge in [0.25, 0.3) is 5.91 Å². The number of hydrogen-bond acceptors (Lipinski definition) is 3. The minimum absolute atomic E-state index is 0.0415. The normalized spacial score (nSPS) is 16.0. The summed E-state index contributed by atoms with van der Waals surface area (Å²) in [6.07, 6.45) is 2.01. The molecule has 1 aliphatic rings. The van der Waals surface area contributed by atoms with Crippen molar-refractivity contribution in [1.82, 2.24) is 4.90 Å². The number of carbonyl (C=O) groups is 1. The Morgan fingerprint density at radius 3 is 2.57 bits per heavy atom. The lowest BCUT2D eigenvalue weighted by molar-refractivity contribution is -0.135. The Hall–Kier alpha value is -1.26. The third-order valence-electron chi connectivity index (χ3n) is 3.70. The van der Waals surface area contributed by atoms with Crippen LogP contribution in [0.3, 0.4) is 0 Å². The van der Waals surface area contributed by atoms with Crippen molar-refractivity contribution >= 4 is 17.5 Å². The molecule has 116 valence electrons. The van der Waals surface area contributed by atoms with Crippen LogP contribution >= 0.6 is 11.6 Å². The van der Waals surface area contributed by atoms with E-state index in [1.165, 1.54) is 0 Å².